The fourth-order valence-electron chi connectivity index (χ4n) is 9.76. The number of anilines is 4. The van der Waals surface area contributed by atoms with Crippen LogP contribution in [0.15, 0.2) is 48.3 Å². The maximum atomic E-state index is 14.9. The van der Waals surface area contributed by atoms with Crippen LogP contribution in [0.1, 0.15) is 84.2 Å². The van der Waals surface area contributed by atoms with Gasteiger partial charge in [-0.05, 0) is 32.9 Å². The van der Waals surface area contributed by atoms with Crippen LogP contribution in [-0.4, -0.2) is 118 Å². The number of aliphatic hydroxyl groups is 2. The van der Waals surface area contributed by atoms with Gasteiger partial charge in [0, 0.05) is 105 Å². The number of ketones is 1. The van der Waals surface area contributed by atoms with Crippen molar-refractivity contribution in [2.24, 2.45) is 23.7 Å². The summed E-state index contributed by atoms with van der Waals surface area (Å²) in [6.07, 6.45) is 5.85. The van der Waals surface area contributed by atoms with Crippen molar-refractivity contribution in [3.8, 4) is 34.5 Å². The second-order valence-corrected chi connectivity index (χ2v) is 18.8. The number of nitrogens with zero attached hydrogens (tertiary/aromatic N) is 2. The Hall–Kier alpha value is -6.01. The van der Waals surface area contributed by atoms with Gasteiger partial charge in [0.25, 0.3) is 11.7 Å². The lowest BCUT2D eigenvalue weighted by atomic mass is 9.78. The predicted molar refractivity (Wildman–Crippen MR) is 257 cm³/mol. The summed E-state index contributed by atoms with van der Waals surface area (Å²) >= 11 is 0. The molecule has 68 heavy (non-hydrogen) atoms. The molecular formula is C51H66N4O13. The second-order valence-electron chi connectivity index (χ2n) is 18.8. The number of phenolic OH excluding ortho intramolecular Hbond substituents is 3. The van der Waals surface area contributed by atoms with Gasteiger partial charge in [0.2, 0.25) is 0 Å². The average Bonchev–Trinajstić information content (AvgIpc) is 3.58. The summed E-state index contributed by atoms with van der Waals surface area (Å²) in [5.74, 6) is -7.73. The first kappa shape index (κ1) is 49.9. The van der Waals surface area contributed by atoms with Gasteiger partial charge in [-0.15, -0.1) is 0 Å². The molecule has 1 amide bonds. The Morgan fingerprint density at radius 3 is 2.25 bits per heavy atom. The molecule has 0 spiro atoms. The monoisotopic (exact) mass is 942 g/mol. The van der Waals surface area contributed by atoms with Gasteiger partial charge in [0.1, 0.15) is 34.7 Å². The van der Waals surface area contributed by atoms with Crippen molar-refractivity contribution in [3.05, 3.63) is 59.4 Å². The van der Waals surface area contributed by atoms with Gasteiger partial charge in [-0.3, -0.25) is 19.3 Å². The molecule has 9 atom stereocenters. The van der Waals surface area contributed by atoms with E-state index in [0.29, 0.717) is 18.8 Å². The van der Waals surface area contributed by atoms with E-state index in [4.69, 9.17) is 23.7 Å². The van der Waals surface area contributed by atoms with Crippen molar-refractivity contribution in [1.82, 2.24) is 4.90 Å². The summed E-state index contributed by atoms with van der Waals surface area (Å²) in [6.45, 7) is 18.9. The first-order valence-corrected chi connectivity index (χ1v) is 23.4. The molecule has 368 valence electrons. The number of carbonyl (C=O) groups is 3. The molecule has 17 nitrogen and oxygen atoms in total. The van der Waals surface area contributed by atoms with E-state index in [1.807, 2.05) is 0 Å². The summed E-state index contributed by atoms with van der Waals surface area (Å²) in [6, 6.07) is 3.39. The highest BCUT2D eigenvalue weighted by Gasteiger charge is 2.50. The standard InChI is InChI=1S/C51H66N4O13/c1-11-12-17-54-18-20-55(21-19-54)32-23-33(57)39-35(24-32)67-48-40(52-39)36-37-44(60)30(7)47-38(36)49(62)51(9,68-47)65-22-16-34(64-10)27(4)46(66-31(8)56)29(6)43(59)28(5)42(58)25(2)14-13-15-26(3)50(63)53-41(48)45(37)61/h13-16,22-25,27-29,34,42-43,46,52,57-61H,11-12,17-21H2,1-10H3,(H,53,63)/b14-13+,22-16+,26-15-/t25-,27+,28+,29+,34-,42-,43+,46+,51-/m0/s1. The average molecular weight is 943 g/mol. The van der Waals surface area contributed by atoms with E-state index in [2.05, 4.69) is 27.4 Å². The molecule has 4 bridgehead atoms. The molecule has 3 aromatic rings. The lowest BCUT2D eigenvalue weighted by molar-refractivity contribution is -0.160. The fourth-order valence-corrected chi connectivity index (χ4v) is 9.76. The third kappa shape index (κ3) is 9.28. The molecule has 3 aromatic carbocycles. The number of benzene rings is 3. The number of rotatable bonds is 6. The summed E-state index contributed by atoms with van der Waals surface area (Å²) in [5.41, 5.74) is 0.820. The van der Waals surface area contributed by atoms with Gasteiger partial charge in [0.15, 0.2) is 17.2 Å². The minimum Gasteiger partial charge on any atom is -0.507 e. The Labute approximate surface area is 396 Å². The van der Waals surface area contributed by atoms with Crippen LogP contribution in [0.5, 0.6) is 34.5 Å². The van der Waals surface area contributed by atoms with Gasteiger partial charge in [-0.2, -0.15) is 0 Å². The molecule has 0 aliphatic carbocycles. The molecule has 7 rings (SSSR count). The Morgan fingerprint density at radius 1 is 0.882 bits per heavy atom. The van der Waals surface area contributed by atoms with Crippen LogP contribution in [0.4, 0.5) is 22.7 Å². The molecule has 0 unspecified atom stereocenters. The van der Waals surface area contributed by atoms with Crippen LogP contribution in [0.2, 0.25) is 0 Å². The number of aliphatic hydroxyl groups excluding tert-OH is 2. The fraction of sp³-hybridized carbons (Fsp3) is 0.510. The first-order valence-electron chi connectivity index (χ1n) is 23.4. The number of piperazine rings is 1. The molecule has 4 heterocycles. The molecule has 4 aliphatic heterocycles. The van der Waals surface area contributed by atoms with Crippen LogP contribution in [0.3, 0.4) is 0 Å². The van der Waals surface area contributed by atoms with Crippen molar-refractivity contribution in [2.45, 2.75) is 105 Å². The lowest BCUT2D eigenvalue weighted by Crippen LogP contribution is -2.46. The quantitative estimate of drug-likeness (QED) is 0.0563. The van der Waals surface area contributed by atoms with E-state index >= 15 is 0 Å². The summed E-state index contributed by atoms with van der Waals surface area (Å²) < 4.78 is 30.6. The maximum absolute atomic E-state index is 14.9. The van der Waals surface area contributed by atoms with E-state index in [1.54, 1.807) is 58.9 Å². The third-order valence-electron chi connectivity index (χ3n) is 14.1. The largest absolute Gasteiger partial charge is 0.507 e. The van der Waals surface area contributed by atoms with Gasteiger partial charge >= 0.3 is 11.8 Å². The lowest BCUT2D eigenvalue weighted by Gasteiger charge is -2.38. The van der Waals surface area contributed by atoms with Crippen LogP contribution in [0.25, 0.3) is 10.8 Å². The van der Waals surface area contributed by atoms with E-state index in [1.165, 1.54) is 46.3 Å². The molecule has 0 saturated carbocycles. The Bertz CT molecular complexity index is 2550. The van der Waals surface area contributed by atoms with E-state index in [9.17, 15) is 39.9 Å². The molecule has 0 radical (unpaired) electrons. The second kappa shape index (κ2) is 19.9. The number of aromatic hydroxyl groups is 3. The molecule has 17 heteroatoms. The highest BCUT2D eigenvalue weighted by molar-refractivity contribution is 6.25. The third-order valence-corrected chi connectivity index (χ3v) is 14.1. The summed E-state index contributed by atoms with van der Waals surface area (Å²) in [4.78, 5) is 45.9. The molecular weight excluding hydrogens is 877 g/mol. The number of amides is 1. The van der Waals surface area contributed by atoms with Gasteiger partial charge in [-0.25, -0.2) is 0 Å². The first-order chi connectivity index (χ1) is 32.2. The van der Waals surface area contributed by atoms with Crippen molar-refractivity contribution in [3.63, 3.8) is 0 Å². The van der Waals surface area contributed by atoms with Crippen LogP contribution in [0, 0.1) is 30.6 Å². The Morgan fingerprint density at radius 2 is 1.59 bits per heavy atom. The number of carbonyl (C=O) groups excluding carboxylic acids is 3. The number of hydrogen-bond donors (Lipinski definition) is 7. The van der Waals surface area contributed by atoms with Gasteiger partial charge in [0.05, 0.1) is 41.2 Å². The van der Waals surface area contributed by atoms with E-state index in [0.717, 1.165) is 32.5 Å². The highest BCUT2D eigenvalue weighted by Crippen LogP contribution is 2.61. The van der Waals surface area contributed by atoms with Gasteiger partial charge in [-0.1, -0.05) is 59.3 Å². The number of ether oxygens (including phenoxy) is 5. The van der Waals surface area contributed by atoms with E-state index < -0.39 is 83.0 Å². The number of unbranched alkanes of at least 4 members (excludes halogenated alkanes) is 1. The topological polar surface area (TPSA) is 229 Å². The number of fused-ring (bicyclic) bond motifs is 2. The minimum atomic E-state index is -2.05. The number of phenols is 3. The normalized spacial score (nSPS) is 29.6. The smallest absolute Gasteiger partial charge is 0.312 e. The van der Waals surface area contributed by atoms with Crippen molar-refractivity contribution in [2.75, 3.05) is 55.4 Å². The number of nitrogens with one attached hydrogen (secondary N) is 2. The summed E-state index contributed by atoms with van der Waals surface area (Å²) in [7, 11) is 1.45. The molecule has 1 fully saturated rings. The molecule has 7 N–H and O–H groups in total. The minimum absolute atomic E-state index is 0.0289. The number of allylic oxidation sites excluding steroid dienone is 2. The SMILES string of the molecule is CCCCN1CCN(c2cc(O)c3c(c2)Oc2c4c(O)c5c(O)c(C)c6c(c5c2N3)C(=O)[C@@](C)(O/C=C/[C@H](OC)[C@@H](C)[C@@H](OC(C)=O)[C@H](C)[C@H](O)[C@H](C)[C@@H](O)[C@@H](C)/C=C/C=C(/C)C(=O)N4)O6)CC1. The summed E-state index contributed by atoms with van der Waals surface area (Å²) in [5, 5.41) is 64.7. The zero-order chi connectivity index (χ0) is 49.5. The number of Topliss-reactive ketones (excluding diaryl/α,β-unsaturated/α-hetero) is 1. The molecule has 4 aliphatic rings. The number of methoxy groups -OCH3 is 1. The zero-order valence-electron chi connectivity index (χ0n) is 40.5. The molecule has 1 saturated heterocycles. The number of hydrogen-bond acceptors (Lipinski definition) is 16. The predicted octanol–water partition coefficient (Wildman–Crippen LogP) is 7.53. The van der Waals surface area contributed by atoms with Gasteiger partial charge < -0.3 is 64.8 Å². The van der Waals surface area contributed by atoms with Crippen molar-refractivity contribution >= 4 is 51.2 Å². The Kier molecular flexibility index (Phi) is 14.6. The van der Waals surface area contributed by atoms with Crippen LogP contribution in [-0.2, 0) is 23.8 Å². The maximum Gasteiger partial charge on any atom is 0.312 e. The van der Waals surface area contributed by atoms with E-state index in [-0.39, 0.29) is 67.5 Å². The Balaban J connectivity index is 1.37. The number of esters is 1. The van der Waals surface area contributed by atoms with Crippen LogP contribution < -0.4 is 25.0 Å². The zero-order valence-corrected chi connectivity index (χ0v) is 40.5. The highest BCUT2D eigenvalue weighted by atomic mass is 16.7. The van der Waals surface area contributed by atoms with Crippen molar-refractivity contribution < 1.29 is 63.6 Å². The van der Waals surface area contributed by atoms with Crippen molar-refractivity contribution in [1.29, 1.82) is 0 Å². The molecule has 0 aromatic heterocycles. The van der Waals surface area contributed by atoms with Crippen LogP contribution >= 0.6 is 0 Å².